The van der Waals surface area contributed by atoms with Gasteiger partial charge in [0.1, 0.15) is 0 Å². The number of hydrogen-bond donors (Lipinski definition) is 1. The average molecular weight is 298 g/mol. The molecule has 1 aromatic rings. The Morgan fingerprint density at radius 1 is 1.45 bits per heavy atom. The summed E-state index contributed by atoms with van der Waals surface area (Å²) in [6.45, 7) is 2.13. The summed E-state index contributed by atoms with van der Waals surface area (Å²) in [5.74, 6) is -0.226. The first-order chi connectivity index (χ1) is 9.52. The number of ether oxygens (including phenoxy) is 1. The van der Waals surface area contributed by atoms with Gasteiger partial charge in [0.2, 0.25) is 0 Å². The first-order valence-electron chi connectivity index (χ1n) is 6.76. The van der Waals surface area contributed by atoms with Crippen LogP contribution < -0.4 is 0 Å². The number of nitrogens with zero attached hydrogens (tertiary/aromatic N) is 1. The number of aliphatic hydroxyl groups excluding tert-OH is 1. The maximum Gasteiger partial charge on any atom is 0.339 e. The highest BCUT2D eigenvalue weighted by Crippen LogP contribution is 2.34. The molecule has 20 heavy (non-hydrogen) atoms. The molecule has 1 aliphatic heterocycles. The van der Waals surface area contributed by atoms with Crippen molar-refractivity contribution < 1.29 is 14.6 Å². The Bertz CT molecular complexity index is 484. The van der Waals surface area contributed by atoms with Gasteiger partial charge in [-0.25, -0.2) is 4.79 Å². The molecule has 1 aliphatic rings. The van der Waals surface area contributed by atoms with Gasteiger partial charge in [-0.15, -0.1) is 0 Å². The number of halogens is 1. The molecule has 1 N–H and O–H groups in total. The third kappa shape index (κ3) is 3.32. The molecule has 2 rings (SSSR count). The zero-order valence-electron chi connectivity index (χ0n) is 11.8. The molecule has 0 amide bonds. The van der Waals surface area contributed by atoms with Crippen LogP contribution in [0, 0.1) is 0 Å². The smallest absolute Gasteiger partial charge is 0.339 e. The predicted molar refractivity (Wildman–Crippen MR) is 77.9 cm³/mol. The molecule has 1 saturated heterocycles. The van der Waals surface area contributed by atoms with Gasteiger partial charge in [-0.2, -0.15) is 0 Å². The minimum atomic E-state index is -1.27. The van der Waals surface area contributed by atoms with Crippen LogP contribution in [0.1, 0.15) is 36.0 Å². The molecule has 1 heterocycles. The fraction of sp³-hybridized carbons (Fsp3) is 0.533. The number of benzene rings is 1. The van der Waals surface area contributed by atoms with E-state index in [1.54, 1.807) is 12.1 Å². The van der Waals surface area contributed by atoms with Gasteiger partial charge in [0.15, 0.2) is 6.10 Å². The Balaban J connectivity index is 2.15. The minimum absolute atomic E-state index is 0.447. The number of esters is 1. The molecular weight excluding hydrogens is 278 g/mol. The molecule has 4 nitrogen and oxygen atoms in total. The number of aliphatic hydroxyl groups is 1. The number of carbonyl (C=O) groups excluding carboxylic acids is 1. The second-order valence-electron chi connectivity index (χ2n) is 5.28. The first-order valence-corrected chi connectivity index (χ1v) is 7.14. The highest BCUT2D eigenvalue weighted by molar-refractivity contribution is 6.31. The largest absolute Gasteiger partial charge is 0.467 e. The highest BCUT2D eigenvalue weighted by atomic mass is 35.5. The zero-order chi connectivity index (χ0) is 14.7. The van der Waals surface area contributed by atoms with Crippen molar-refractivity contribution in [2.24, 2.45) is 0 Å². The molecule has 0 spiro atoms. The van der Waals surface area contributed by atoms with Gasteiger partial charge in [0.25, 0.3) is 0 Å². The normalized spacial score (nSPS) is 18.8. The predicted octanol–water partition coefficient (Wildman–Crippen LogP) is 2.36. The molecular formula is C15H20ClNO3. The van der Waals surface area contributed by atoms with Gasteiger partial charge >= 0.3 is 5.97 Å². The summed E-state index contributed by atoms with van der Waals surface area (Å²) < 4.78 is 4.53. The van der Waals surface area contributed by atoms with Crippen LogP contribution in [0.4, 0.5) is 0 Å². The van der Waals surface area contributed by atoms with Crippen molar-refractivity contribution in [1.29, 1.82) is 0 Å². The van der Waals surface area contributed by atoms with Gasteiger partial charge in [-0.05, 0) is 56.1 Å². The van der Waals surface area contributed by atoms with E-state index in [4.69, 9.17) is 11.6 Å². The second-order valence-corrected chi connectivity index (χ2v) is 5.69. The summed E-state index contributed by atoms with van der Waals surface area (Å²) in [6, 6.07) is 5.33. The van der Waals surface area contributed by atoms with E-state index in [9.17, 15) is 9.90 Å². The van der Waals surface area contributed by atoms with Gasteiger partial charge < -0.3 is 14.7 Å². The lowest BCUT2D eigenvalue weighted by Crippen LogP contribution is -2.29. The summed E-state index contributed by atoms with van der Waals surface area (Å²) in [6.07, 6.45) is 0.883. The maximum atomic E-state index is 11.3. The van der Waals surface area contributed by atoms with Gasteiger partial charge in [-0.1, -0.05) is 23.7 Å². The van der Waals surface area contributed by atoms with E-state index in [0.717, 1.165) is 31.5 Å². The Labute approximate surface area is 124 Å². The van der Waals surface area contributed by atoms with E-state index >= 15 is 0 Å². The van der Waals surface area contributed by atoms with Crippen LogP contribution in [0.2, 0.25) is 5.02 Å². The van der Waals surface area contributed by atoms with Crippen molar-refractivity contribution in [3.8, 4) is 0 Å². The van der Waals surface area contributed by atoms with Crippen LogP contribution in [0.15, 0.2) is 18.2 Å². The maximum absolute atomic E-state index is 11.3. The lowest BCUT2D eigenvalue weighted by Gasteiger charge is -2.29. The lowest BCUT2D eigenvalue weighted by atomic mass is 9.88. The van der Waals surface area contributed by atoms with E-state index in [1.807, 2.05) is 6.07 Å². The fourth-order valence-corrected chi connectivity index (χ4v) is 2.96. The second kappa shape index (κ2) is 6.57. The van der Waals surface area contributed by atoms with Crippen molar-refractivity contribution in [1.82, 2.24) is 4.90 Å². The molecule has 0 radical (unpaired) electrons. The van der Waals surface area contributed by atoms with Gasteiger partial charge in [0.05, 0.1) is 7.11 Å². The van der Waals surface area contributed by atoms with Crippen LogP contribution >= 0.6 is 11.6 Å². The van der Waals surface area contributed by atoms with Crippen LogP contribution in [-0.4, -0.2) is 43.2 Å². The van der Waals surface area contributed by atoms with Crippen LogP contribution in [-0.2, 0) is 9.53 Å². The summed E-state index contributed by atoms with van der Waals surface area (Å²) in [7, 11) is 3.37. The molecule has 0 aromatic heterocycles. The fourth-order valence-electron chi connectivity index (χ4n) is 2.61. The lowest BCUT2D eigenvalue weighted by molar-refractivity contribution is -0.150. The molecule has 110 valence electrons. The molecule has 1 aromatic carbocycles. The molecule has 1 atom stereocenters. The Hall–Kier alpha value is -1.10. The van der Waals surface area contributed by atoms with Crippen LogP contribution in [0.25, 0.3) is 0 Å². The topological polar surface area (TPSA) is 49.8 Å². The third-order valence-electron chi connectivity index (χ3n) is 3.92. The van der Waals surface area contributed by atoms with Crippen molar-refractivity contribution in [2.75, 3.05) is 27.2 Å². The molecule has 1 fully saturated rings. The van der Waals surface area contributed by atoms with E-state index in [0.29, 0.717) is 16.5 Å². The van der Waals surface area contributed by atoms with E-state index in [-0.39, 0.29) is 0 Å². The number of carbonyl (C=O) groups is 1. The molecule has 0 bridgehead atoms. The van der Waals surface area contributed by atoms with Crippen LogP contribution in [0.3, 0.4) is 0 Å². The molecule has 5 heteroatoms. The van der Waals surface area contributed by atoms with Crippen molar-refractivity contribution in [2.45, 2.75) is 24.9 Å². The third-order valence-corrected chi connectivity index (χ3v) is 4.25. The first kappa shape index (κ1) is 15.3. The number of methoxy groups -OCH3 is 1. The average Bonchev–Trinajstić information content (AvgIpc) is 2.46. The number of piperidine rings is 1. The van der Waals surface area contributed by atoms with Gasteiger partial charge in [0, 0.05) is 5.02 Å². The molecule has 0 saturated carbocycles. The summed E-state index contributed by atoms with van der Waals surface area (Å²) in [4.78, 5) is 13.6. The Morgan fingerprint density at radius 3 is 2.65 bits per heavy atom. The summed E-state index contributed by atoms with van der Waals surface area (Å²) >= 11 is 6.31. The van der Waals surface area contributed by atoms with Crippen LogP contribution in [0.5, 0.6) is 0 Å². The monoisotopic (exact) mass is 297 g/mol. The Kier molecular flexibility index (Phi) is 5.02. The highest BCUT2D eigenvalue weighted by Gasteiger charge is 2.23. The molecule has 1 unspecified atom stereocenters. The molecule has 0 aliphatic carbocycles. The number of likely N-dealkylation sites (tertiary alicyclic amines) is 1. The van der Waals surface area contributed by atoms with E-state index in [2.05, 4.69) is 16.7 Å². The SMILES string of the molecule is COC(=O)C(O)c1ccc(C2CCN(C)CC2)c(Cl)c1. The van der Waals surface area contributed by atoms with Crippen molar-refractivity contribution in [3.63, 3.8) is 0 Å². The standard InChI is InChI=1S/C15H20ClNO3/c1-17-7-5-10(6-8-17)12-4-3-11(9-13(12)16)14(18)15(19)20-2/h3-4,9-10,14,18H,5-8H2,1-2H3. The van der Waals surface area contributed by atoms with Crippen molar-refractivity contribution >= 4 is 17.6 Å². The Morgan fingerprint density at radius 2 is 2.10 bits per heavy atom. The van der Waals surface area contributed by atoms with Gasteiger partial charge in [-0.3, -0.25) is 0 Å². The number of hydrogen-bond acceptors (Lipinski definition) is 4. The zero-order valence-corrected chi connectivity index (χ0v) is 12.6. The summed E-state index contributed by atoms with van der Waals surface area (Å²) in [5.41, 5.74) is 1.57. The van der Waals surface area contributed by atoms with E-state index < -0.39 is 12.1 Å². The quantitative estimate of drug-likeness (QED) is 0.870. The van der Waals surface area contributed by atoms with Crippen molar-refractivity contribution in [3.05, 3.63) is 34.3 Å². The van der Waals surface area contributed by atoms with E-state index in [1.165, 1.54) is 7.11 Å². The summed E-state index contributed by atoms with van der Waals surface area (Å²) in [5, 5.41) is 10.4. The minimum Gasteiger partial charge on any atom is -0.467 e. The number of rotatable bonds is 3.